The van der Waals surface area contributed by atoms with Crippen LogP contribution in [0.15, 0.2) is 11.6 Å². The fourth-order valence-corrected chi connectivity index (χ4v) is 4.37. The average Bonchev–Trinajstić information content (AvgIpc) is 2.73. The van der Waals surface area contributed by atoms with Crippen molar-refractivity contribution in [2.45, 2.75) is 112 Å². The van der Waals surface area contributed by atoms with Crippen molar-refractivity contribution in [2.24, 2.45) is 11.8 Å². The monoisotopic (exact) mass is 465 g/mol. The lowest BCUT2D eigenvalue weighted by molar-refractivity contribution is -0.143. The summed E-state index contributed by atoms with van der Waals surface area (Å²) in [7, 11) is 1.74. The van der Waals surface area contributed by atoms with Crippen molar-refractivity contribution in [3.05, 3.63) is 11.6 Å². The van der Waals surface area contributed by atoms with Crippen LogP contribution in [0.5, 0.6) is 0 Å². The molecule has 7 nitrogen and oxygen atoms in total. The molecule has 1 heterocycles. The second-order valence-corrected chi connectivity index (χ2v) is 10.6. The van der Waals surface area contributed by atoms with E-state index in [9.17, 15) is 14.4 Å². The second kappa shape index (κ2) is 13.1. The van der Waals surface area contributed by atoms with Crippen LogP contribution in [0, 0.1) is 11.8 Å². The minimum absolute atomic E-state index is 0.0659. The van der Waals surface area contributed by atoms with Gasteiger partial charge in [0.25, 0.3) is 0 Å². The second-order valence-electron chi connectivity index (χ2n) is 10.6. The van der Waals surface area contributed by atoms with E-state index in [1.54, 1.807) is 24.9 Å². The minimum Gasteiger partial charge on any atom is -0.460 e. The molecule has 1 aliphatic heterocycles. The lowest BCUT2D eigenvalue weighted by Gasteiger charge is -2.39. The van der Waals surface area contributed by atoms with Crippen molar-refractivity contribution < 1.29 is 19.1 Å². The van der Waals surface area contributed by atoms with Gasteiger partial charge in [0.1, 0.15) is 6.04 Å². The lowest BCUT2D eigenvalue weighted by atomic mass is 9.95. The molecule has 1 saturated heterocycles. The minimum atomic E-state index is -0.629. The van der Waals surface area contributed by atoms with Crippen LogP contribution in [0.1, 0.15) is 81.6 Å². The molecule has 1 N–H and O–H groups in total. The van der Waals surface area contributed by atoms with Crippen LogP contribution in [-0.4, -0.2) is 71.4 Å². The summed E-state index contributed by atoms with van der Waals surface area (Å²) < 4.78 is 5.30. The van der Waals surface area contributed by atoms with E-state index in [-0.39, 0.29) is 53.8 Å². The number of amides is 2. The van der Waals surface area contributed by atoms with E-state index in [1.165, 1.54) is 0 Å². The van der Waals surface area contributed by atoms with Gasteiger partial charge in [-0.05, 0) is 65.8 Å². The Morgan fingerprint density at radius 1 is 1.00 bits per heavy atom. The van der Waals surface area contributed by atoms with Gasteiger partial charge in [-0.2, -0.15) is 0 Å². The first-order chi connectivity index (χ1) is 15.3. The number of carbonyl (C=O) groups excluding carboxylic acids is 3. The summed E-state index contributed by atoms with van der Waals surface area (Å²) in [4.78, 5) is 43.0. The standard InChI is InChI=1S/C26H47N3O4/c1-16(2)22(15-20(9)26(32)33-19(7)8)28(10)25(31)23(17(3)4)27-24(30)21-13-11-12-14-29(21)18(5)6/h15-19,21-23H,11-14H2,1-10H3,(H,27,30)/t21-,22-,23+/m1/s1. The third-order valence-corrected chi connectivity index (χ3v) is 6.30. The molecule has 1 rings (SSSR count). The van der Waals surface area contributed by atoms with Crippen molar-refractivity contribution in [2.75, 3.05) is 13.6 Å². The first-order valence-corrected chi connectivity index (χ1v) is 12.5. The van der Waals surface area contributed by atoms with E-state index < -0.39 is 6.04 Å². The number of likely N-dealkylation sites (tertiary alicyclic amines) is 1. The maximum atomic E-state index is 13.5. The predicted molar refractivity (Wildman–Crippen MR) is 133 cm³/mol. The number of hydrogen-bond acceptors (Lipinski definition) is 5. The van der Waals surface area contributed by atoms with Gasteiger partial charge in [-0.1, -0.05) is 40.2 Å². The number of carbonyl (C=O) groups is 3. The molecule has 1 aliphatic rings. The van der Waals surface area contributed by atoms with E-state index in [4.69, 9.17) is 4.74 Å². The number of nitrogens with zero attached hydrogens (tertiary/aromatic N) is 2. The SMILES string of the molecule is CC(=C[C@H](C(C)C)N(C)C(=O)[C@@H](NC(=O)[C@H]1CCCCN1C(C)C)C(C)C)C(=O)OC(C)C. The molecule has 0 aromatic rings. The highest BCUT2D eigenvalue weighted by atomic mass is 16.5. The van der Waals surface area contributed by atoms with Gasteiger partial charge in [-0.25, -0.2) is 4.79 Å². The maximum absolute atomic E-state index is 13.5. The van der Waals surface area contributed by atoms with Gasteiger partial charge in [0.15, 0.2) is 0 Å². The number of hydrogen-bond donors (Lipinski definition) is 1. The van der Waals surface area contributed by atoms with Crippen molar-refractivity contribution in [1.82, 2.24) is 15.1 Å². The van der Waals surface area contributed by atoms with Crippen molar-refractivity contribution in [1.29, 1.82) is 0 Å². The van der Waals surface area contributed by atoms with E-state index >= 15 is 0 Å². The molecule has 0 bridgehead atoms. The molecule has 3 atom stereocenters. The van der Waals surface area contributed by atoms with E-state index in [0.717, 1.165) is 25.8 Å². The molecule has 33 heavy (non-hydrogen) atoms. The first-order valence-electron chi connectivity index (χ1n) is 12.5. The third kappa shape index (κ3) is 8.43. The summed E-state index contributed by atoms with van der Waals surface area (Å²) in [5.74, 6) is -0.582. The van der Waals surface area contributed by atoms with Gasteiger partial charge >= 0.3 is 5.97 Å². The van der Waals surface area contributed by atoms with Gasteiger partial charge in [0.2, 0.25) is 11.8 Å². The van der Waals surface area contributed by atoms with E-state index in [1.807, 2.05) is 41.5 Å². The van der Waals surface area contributed by atoms with Gasteiger partial charge in [0.05, 0.1) is 18.2 Å². The largest absolute Gasteiger partial charge is 0.460 e. The fourth-order valence-electron chi connectivity index (χ4n) is 4.37. The number of rotatable bonds is 10. The zero-order chi connectivity index (χ0) is 25.5. The van der Waals surface area contributed by atoms with Crippen LogP contribution in [0.25, 0.3) is 0 Å². The Kier molecular flexibility index (Phi) is 11.6. The maximum Gasteiger partial charge on any atom is 0.333 e. The topological polar surface area (TPSA) is 79.0 Å². The van der Waals surface area contributed by atoms with E-state index in [0.29, 0.717) is 5.57 Å². The van der Waals surface area contributed by atoms with Crippen molar-refractivity contribution in [3.8, 4) is 0 Å². The van der Waals surface area contributed by atoms with Crippen LogP contribution in [0.3, 0.4) is 0 Å². The molecule has 0 aromatic carbocycles. The van der Waals surface area contributed by atoms with Crippen LogP contribution >= 0.6 is 0 Å². The average molecular weight is 466 g/mol. The third-order valence-electron chi connectivity index (χ3n) is 6.30. The summed E-state index contributed by atoms with van der Waals surface area (Å²) >= 11 is 0. The van der Waals surface area contributed by atoms with Crippen LogP contribution in [0.4, 0.5) is 0 Å². The summed E-state index contributed by atoms with van der Waals surface area (Å²) in [5.41, 5.74) is 0.474. The highest BCUT2D eigenvalue weighted by Crippen LogP contribution is 2.21. The number of nitrogens with one attached hydrogen (secondary N) is 1. The zero-order valence-electron chi connectivity index (χ0n) is 22.5. The first kappa shape index (κ1) is 29.1. The van der Waals surface area contributed by atoms with Crippen LogP contribution < -0.4 is 5.32 Å². The zero-order valence-corrected chi connectivity index (χ0v) is 22.5. The molecule has 0 unspecified atom stereocenters. The van der Waals surface area contributed by atoms with Crippen molar-refractivity contribution >= 4 is 17.8 Å². The molecule has 0 aromatic heterocycles. The van der Waals surface area contributed by atoms with Crippen LogP contribution in [-0.2, 0) is 19.1 Å². The molecular weight excluding hydrogens is 418 g/mol. The number of piperidine rings is 1. The Labute approximate surface area is 201 Å². The summed E-state index contributed by atoms with van der Waals surface area (Å²) in [6.45, 7) is 18.4. The number of esters is 1. The molecule has 190 valence electrons. The van der Waals surface area contributed by atoms with Gasteiger partial charge in [-0.15, -0.1) is 0 Å². The number of likely N-dealkylation sites (N-methyl/N-ethyl adjacent to an activating group) is 1. The summed E-state index contributed by atoms with van der Waals surface area (Å²) in [6.07, 6.45) is 4.52. The Morgan fingerprint density at radius 3 is 2.09 bits per heavy atom. The van der Waals surface area contributed by atoms with Crippen molar-refractivity contribution in [3.63, 3.8) is 0 Å². The lowest BCUT2D eigenvalue weighted by Crippen LogP contribution is -2.58. The summed E-state index contributed by atoms with van der Waals surface area (Å²) in [5, 5.41) is 3.06. The predicted octanol–water partition coefficient (Wildman–Crippen LogP) is 3.77. The molecule has 0 aliphatic carbocycles. The van der Waals surface area contributed by atoms with E-state index in [2.05, 4.69) is 24.1 Å². The van der Waals surface area contributed by atoms with Gasteiger partial charge in [0, 0.05) is 18.7 Å². The Balaban J connectivity index is 3.06. The highest BCUT2D eigenvalue weighted by molar-refractivity contribution is 5.91. The summed E-state index contributed by atoms with van der Waals surface area (Å²) in [6, 6.07) is -0.846. The quantitative estimate of drug-likeness (QED) is 0.392. The molecule has 0 spiro atoms. The van der Waals surface area contributed by atoms with Gasteiger partial charge < -0.3 is 15.0 Å². The molecule has 0 radical (unpaired) electrons. The fraction of sp³-hybridized carbons (Fsp3) is 0.808. The molecular formula is C26H47N3O4. The molecule has 1 fully saturated rings. The Morgan fingerprint density at radius 2 is 1.61 bits per heavy atom. The Hall–Kier alpha value is -1.89. The normalized spacial score (nSPS) is 19.7. The Bertz CT molecular complexity index is 700. The van der Waals surface area contributed by atoms with Gasteiger partial charge in [-0.3, -0.25) is 14.5 Å². The van der Waals surface area contributed by atoms with Crippen LogP contribution in [0.2, 0.25) is 0 Å². The number of ether oxygens (including phenoxy) is 1. The highest BCUT2D eigenvalue weighted by Gasteiger charge is 2.36. The molecule has 0 saturated carbocycles. The molecule has 7 heteroatoms. The smallest absolute Gasteiger partial charge is 0.333 e. The molecule has 2 amide bonds.